The van der Waals surface area contributed by atoms with Crippen LogP contribution >= 0.6 is 0 Å². The number of ether oxygens (including phenoxy) is 1. The second kappa shape index (κ2) is 4.49. The number of likely N-dealkylation sites (tertiary alicyclic amines) is 1. The first-order valence-corrected chi connectivity index (χ1v) is 6.84. The molecule has 4 heteroatoms. The molecule has 0 aromatic heterocycles. The third kappa shape index (κ3) is 2.41. The highest BCUT2D eigenvalue weighted by Gasteiger charge is 2.51. The fourth-order valence-corrected chi connectivity index (χ4v) is 4.20. The van der Waals surface area contributed by atoms with E-state index in [0.717, 1.165) is 19.4 Å². The first-order chi connectivity index (χ1) is 8.30. The number of carbonyl (C=O) groups excluding carboxylic acids is 1. The van der Waals surface area contributed by atoms with Crippen molar-refractivity contribution >= 4 is 5.91 Å². The Morgan fingerprint density at radius 1 is 1.44 bits per heavy atom. The van der Waals surface area contributed by atoms with Crippen LogP contribution in [0.15, 0.2) is 0 Å². The van der Waals surface area contributed by atoms with Gasteiger partial charge in [0.25, 0.3) is 5.91 Å². The second-order valence-electron chi connectivity index (χ2n) is 7.14. The van der Waals surface area contributed by atoms with Crippen LogP contribution in [-0.4, -0.2) is 43.2 Å². The molecule has 3 unspecified atom stereocenters. The van der Waals surface area contributed by atoms with E-state index < -0.39 is 6.10 Å². The van der Waals surface area contributed by atoms with Crippen molar-refractivity contribution in [1.82, 2.24) is 4.90 Å². The molecule has 3 atom stereocenters. The number of nitrogens with two attached hydrogens (primary N) is 1. The van der Waals surface area contributed by atoms with Gasteiger partial charge < -0.3 is 15.4 Å². The van der Waals surface area contributed by atoms with Crippen LogP contribution in [0.1, 0.15) is 40.0 Å². The van der Waals surface area contributed by atoms with Crippen molar-refractivity contribution in [2.75, 3.05) is 20.2 Å². The van der Waals surface area contributed by atoms with Crippen molar-refractivity contribution in [3.8, 4) is 0 Å². The molecule has 2 aliphatic rings. The number of fused-ring (bicyclic) bond motifs is 2. The van der Waals surface area contributed by atoms with E-state index >= 15 is 0 Å². The van der Waals surface area contributed by atoms with Crippen LogP contribution in [0.2, 0.25) is 0 Å². The van der Waals surface area contributed by atoms with Gasteiger partial charge in [0.05, 0.1) is 0 Å². The van der Waals surface area contributed by atoms with Crippen molar-refractivity contribution in [1.29, 1.82) is 0 Å². The summed E-state index contributed by atoms with van der Waals surface area (Å²) in [4.78, 5) is 14.4. The Balaban J connectivity index is 2.15. The van der Waals surface area contributed by atoms with Crippen LogP contribution in [0.4, 0.5) is 0 Å². The summed E-state index contributed by atoms with van der Waals surface area (Å²) < 4.78 is 5.19. The maximum atomic E-state index is 12.4. The average molecular weight is 254 g/mol. The third-order valence-corrected chi connectivity index (χ3v) is 4.47. The Morgan fingerprint density at radius 3 is 2.67 bits per heavy atom. The fourth-order valence-electron chi connectivity index (χ4n) is 4.20. The molecule has 2 fully saturated rings. The second-order valence-corrected chi connectivity index (χ2v) is 7.14. The highest BCUT2D eigenvalue weighted by atomic mass is 16.5. The van der Waals surface area contributed by atoms with E-state index in [2.05, 4.69) is 20.8 Å². The predicted molar refractivity (Wildman–Crippen MR) is 71.1 cm³/mol. The SMILES string of the molecule is COC(CN)C(=O)N1CC2(C)CC1CC(C)(C)C2. The standard InChI is InChI=1S/C14H26N2O2/c1-13(2)5-10-6-14(3,8-13)9-16(10)12(17)11(7-15)18-4/h10-11H,5-9,15H2,1-4H3. The van der Waals surface area contributed by atoms with Crippen LogP contribution in [0.25, 0.3) is 0 Å². The minimum atomic E-state index is -0.476. The van der Waals surface area contributed by atoms with Gasteiger partial charge in [0.2, 0.25) is 0 Å². The lowest BCUT2D eigenvalue weighted by molar-refractivity contribution is -0.142. The first kappa shape index (κ1) is 13.8. The van der Waals surface area contributed by atoms with E-state index in [4.69, 9.17) is 10.5 Å². The van der Waals surface area contributed by atoms with Crippen molar-refractivity contribution in [2.45, 2.75) is 52.2 Å². The molecule has 4 nitrogen and oxygen atoms in total. The molecule has 0 radical (unpaired) electrons. The van der Waals surface area contributed by atoms with Crippen LogP contribution in [0.3, 0.4) is 0 Å². The molecule has 0 aromatic rings. The zero-order valence-corrected chi connectivity index (χ0v) is 12.0. The molecule has 1 aliphatic carbocycles. The van der Waals surface area contributed by atoms with Crippen LogP contribution < -0.4 is 5.73 Å². The van der Waals surface area contributed by atoms with E-state index in [1.165, 1.54) is 6.42 Å². The van der Waals surface area contributed by atoms with E-state index in [-0.39, 0.29) is 17.9 Å². The fraction of sp³-hybridized carbons (Fsp3) is 0.929. The zero-order valence-electron chi connectivity index (χ0n) is 12.0. The molecule has 1 saturated carbocycles. The number of nitrogens with zero attached hydrogens (tertiary/aromatic N) is 1. The zero-order chi connectivity index (χ0) is 13.6. The quantitative estimate of drug-likeness (QED) is 0.828. The minimum Gasteiger partial charge on any atom is -0.370 e. The van der Waals surface area contributed by atoms with Gasteiger partial charge in [0.15, 0.2) is 0 Å². The molecule has 1 aliphatic heterocycles. The number of amides is 1. The van der Waals surface area contributed by atoms with Crippen molar-refractivity contribution in [3.05, 3.63) is 0 Å². The molecule has 18 heavy (non-hydrogen) atoms. The third-order valence-electron chi connectivity index (χ3n) is 4.47. The van der Waals surface area contributed by atoms with Crippen molar-refractivity contribution < 1.29 is 9.53 Å². The highest BCUT2D eigenvalue weighted by molar-refractivity contribution is 5.82. The lowest BCUT2D eigenvalue weighted by atomic mass is 9.65. The monoisotopic (exact) mass is 254 g/mol. The Bertz CT molecular complexity index is 339. The van der Waals surface area contributed by atoms with E-state index in [9.17, 15) is 4.79 Å². The number of carbonyl (C=O) groups is 1. The van der Waals surface area contributed by atoms with Crippen molar-refractivity contribution in [2.24, 2.45) is 16.6 Å². The molecule has 104 valence electrons. The first-order valence-electron chi connectivity index (χ1n) is 6.84. The Labute approximate surface area is 110 Å². The summed E-state index contributed by atoms with van der Waals surface area (Å²) in [6, 6.07) is 0.371. The molecule has 2 rings (SSSR count). The maximum absolute atomic E-state index is 12.4. The smallest absolute Gasteiger partial charge is 0.253 e. The van der Waals surface area contributed by atoms with E-state index in [1.54, 1.807) is 7.11 Å². The van der Waals surface area contributed by atoms with Gasteiger partial charge in [-0.3, -0.25) is 4.79 Å². The summed E-state index contributed by atoms with van der Waals surface area (Å²) in [5, 5.41) is 0. The molecule has 0 spiro atoms. The molecule has 0 aromatic carbocycles. The molecular weight excluding hydrogens is 228 g/mol. The average Bonchev–Trinajstić information content (AvgIpc) is 2.49. The Hall–Kier alpha value is -0.610. The topological polar surface area (TPSA) is 55.6 Å². The molecule has 2 bridgehead atoms. The summed E-state index contributed by atoms with van der Waals surface area (Å²) in [5.74, 6) is 0.0754. The molecule has 1 saturated heterocycles. The van der Waals surface area contributed by atoms with Crippen LogP contribution in [0.5, 0.6) is 0 Å². The largest absolute Gasteiger partial charge is 0.370 e. The Kier molecular flexibility index (Phi) is 3.45. The summed E-state index contributed by atoms with van der Waals surface area (Å²) in [7, 11) is 1.56. The van der Waals surface area contributed by atoms with Gasteiger partial charge >= 0.3 is 0 Å². The number of rotatable bonds is 3. The number of hydrogen-bond acceptors (Lipinski definition) is 3. The molecule has 2 N–H and O–H groups in total. The van der Waals surface area contributed by atoms with Gasteiger partial charge in [-0.2, -0.15) is 0 Å². The van der Waals surface area contributed by atoms with Crippen molar-refractivity contribution in [3.63, 3.8) is 0 Å². The molecule has 1 amide bonds. The van der Waals surface area contributed by atoms with E-state index in [1.807, 2.05) is 4.90 Å². The summed E-state index contributed by atoms with van der Waals surface area (Å²) in [6.07, 6.45) is 2.94. The molecule has 1 heterocycles. The number of methoxy groups -OCH3 is 1. The lowest BCUT2D eigenvalue weighted by Gasteiger charge is -2.39. The normalized spacial score (nSPS) is 35.6. The summed E-state index contributed by atoms with van der Waals surface area (Å²) >= 11 is 0. The molecular formula is C14H26N2O2. The highest BCUT2D eigenvalue weighted by Crippen LogP contribution is 2.52. The summed E-state index contributed by atoms with van der Waals surface area (Å²) in [6.45, 7) is 8.04. The Morgan fingerprint density at radius 2 is 2.11 bits per heavy atom. The van der Waals surface area contributed by atoms with E-state index in [0.29, 0.717) is 11.5 Å². The van der Waals surface area contributed by atoms with Gasteiger partial charge in [0.1, 0.15) is 6.10 Å². The van der Waals surface area contributed by atoms with Gasteiger partial charge in [-0.25, -0.2) is 0 Å². The minimum absolute atomic E-state index is 0.0754. The van der Waals surface area contributed by atoms with Gasteiger partial charge in [-0.1, -0.05) is 20.8 Å². The van der Waals surface area contributed by atoms with Gasteiger partial charge in [-0.15, -0.1) is 0 Å². The van der Waals surface area contributed by atoms with Gasteiger partial charge in [-0.05, 0) is 30.1 Å². The van der Waals surface area contributed by atoms with Crippen LogP contribution in [0, 0.1) is 10.8 Å². The maximum Gasteiger partial charge on any atom is 0.253 e. The summed E-state index contributed by atoms with van der Waals surface area (Å²) in [5.41, 5.74) is 6.21. The van der Waals surface area contributed by atoms with Gasteiger partial charge in [0, 0.05) is 26.2 Å². The lowest BCUT2D eigenvalue weighted by Crippen LogP contribution is -2.46. The predicted octanol–water partition coefficient (Wildman–Crippen LogP) is 1.39. The number of hydrogen-bond donors (Lipinski definition) is 1. The van der Waals surface area contributed by atoms with Crippen LogP contribution in [-0.2, 0) is 9.53 Å².